The molecule has 1 aromatic heterocycles. The molecule has 1 heterocycles. The first-order valence-corrected chi connectivity index (χ1v) is 7.64. The van der Waals surface area contributed by atoms with Crippen molar-refractivity contribution in [1.29, 1.82) is 0 Å². The fourth-order valence-corrected chi connectivity index (χ4v) is 2.90. The first kappa shape index (κ1) is 14.6. The Morgan fingerprint density at radius 1 is 1.36 bits per heavy atom. The van der Waals surface area contributed by atoms with Crippen LogP contribution in [0.3, 0.4) is 0 Å². The molecule has 1 aliphatic carbocycles. The minimum Gasteiger partial charge on any atom is -0.484 e. The van der Waals surface area contributed by atoms with Crippen LogP contribution in [-0.2, 0) is 31.2 Å². The second kappa shape index (κ2) is 6.22. The number of nitrogens with one attached hydrogen (secondary N) is 1. The van der Waals surface area contributed by atoms with Gasteiger partial charge in [0.25, 0.3) is 5.91 Å². The van der Waals surface area contributed by atoms with Gasteiger partial charge in [0.2, 0.25) is 0 Å². The molecule has 0 spiro atoms. The van der Waals surface area contributed by atoms with Crippen molar-refractivity contribution in [3.05, 3.63) is 46.8 Å². The van der Waals surface area contributed by atoms with Gasteiger partial charge in [-0.2, -0.15) is 5.10 Å². The van der Waals surface area contributed by atoms with Crippen molar-refractivity contribution in [2.45, 2.75) is 32.7 Å². The Labute approximate surface area is 130 Å². The second-order valence-electron chi connectivity index (χ2n) is 5.68. The average Bonchev–Trinajstić information content (AvgIpc) is 3.05. The smallest absolute Gasteiger partial charge is 0.258 e. The lowest BCUT2D eigenvalue weighted by molar-refractivity contribution is -0.123. The molecule has 1 amide bonds. The zero-order chi connectivity index (χ0) is 15.5. The Balaban J connectivity index is 1.54. The third-order valence-corrected chi connectivity index (χ3v) is 4.10. The molecule has 3 rings (SSSR count). The van der Waals surface area contributed by atoms with Crippen molar-refractivity contribution in [3.8, 4) is 5.75 Å². The number of hydrogen-bond donors (Lipinski definition) is 1. The number of aromatic nitrogens is 2. The van der Waals surface area contributed by atoms with E-state index in [1.807, 2.05) is 42.9 Å². The summed E-state index contributed by atoms with van der Waals surface area (Å²) in [5.74, 6) is 0.635. The van der Waals surface area contributed by atoms with Gasteiger partial charge in [0, 0.05) is 7.05 Å². The first-order chi connectivity index (χ1) is 10.6. The van der Waals surface area contributed by atoms with Gasteiger partial charge < -0.3 is 10.1 Å². The standard InChI is InChI=1S/C17H21N3O2/c1-12-6-3-4-9-16(12)22-11-17(21)18-10-15-13-7-5-8-14(13)19-20(15)2/h3-4,6,9H,5,7-8,10-11H2,1-2H3,(H,18,21). The van der Waals surface area contributed by atoms with Crippen LogP contribution in [0.25, 0.3) is 0 Å². The zero-order valence-electron chi connectivity index (χ0n) is 13.1. The summed E-state index contributed by atoms with van der Waals surface area (Å²) in [4.78, 5) is 12.0. The molecule has 0 fully saturated rings. The normalized spacial score (nSPS) is 13.0. The monoisotopic (exact) mass is 299 g/mol. The van der Waals surface area contributed by atoms with Crippen LogP contribution in [-0.4, -0.2) is 22.3 Å². The number of amides is 1. The zero-order valence-corrected chi connectivity index (χ0v) is 13.1. The molecule has 116 valence electrons. The van der Waals surface area contributed by atoms with Gasteiger partial charge in [-0.3, -0.25) is 9.48 Å². The summed E-state index contributed by atoms with van der Waals surface area (Å²) in [6.07, 6.45) is 3.28. The Morgan fingerprint density at radius 3 is 3.00 bits per heavy atom. The number of hydrogen-bond acceptors (Lipinski definition) is 3. The van der Waals surface area contributed by atoms with Crippen LogP contribution < -0.4 is 10.1 Å². The molecule has 1 N–H and O–H groups in total. The van der Waals surface area contributed by atoms with E-state index in [9.17, 15) is 4.79 Å². The third-order valence-electron chi connectivity index (χ3n) is 4.10. The minimum absolute atomic E-state index is 0.0326. The summed E-state index contributed by atoms with van der Waals surface area (Å²) in [6.45, 7) is 2.51. The summed E-state index contributed by atoms with van der Waals surface area (Å²) in [7, 11) is 1.93. The maximum atomic E-state index is 12.0. The van der Waals surface area contributed by atoms with E-state index in [0.717, 1.165) is 36.3 Å². The lowest BCUT2D eigenvalue weighted by Crippen LogP contribution is -2.29. The Bertz CT molecular complexity index is 691. The number of rotatable bonds is 5. The van der Waals surface area contributed by atoms with Crippen LogP contribution in [0.2, 0.25) is 0 Å². The molecule has 0 saturated heterocycles. The van der Waals surface area contributed by atoms with Crippen LogP contribution >= 0.6 is 0 Å². The fourth-order valence-electron chi connectivity index (χ4n) is 2.90. The van der Waals surface area contributed by atoms with E-state index in [4.69, 9.17) is 4.74 Å². The van der Waals surface area contributed by atoms with E-state index in [1.54, 1.807) is 0 Å². The van der Waals surface area contributed by atoms with Crippen LogP contribution in [0.5, 0.6) is 5.75 Å². The highest BCUT2D eigenvalue weighted by Gasteiger charge is 2.20. The molecule has 5 nitrogen and oxygen atoms in total. The van der Waals surface area contributed by atoms with Crippen LogP contribution in [0, 0.1) is 6.92 Å². The molecular formula is C17H21N3O2. The molecule has 0 bridgehead atoms. The van der Waals surface area contributed by atoms with E-state index in [0.29, 0.717) is 6.54 Å². The summed E-state index contributed by atoms with van der Waals surface area (Å²) in [5.41, 5.74) is 4.63. The highest BCUT2D eigenvalue weighted by Crippen LogP contribution is 2.24. The quantitative estimate of drug-likeness (QED) is 0.917. The maximum Gasteiger partial charge on any atom is 0.258 e. The van der Waals surface area contributed by atoms with Crippen molar-refractivity contribution >= 4 is 5.91 Å². The molecule has 0 aliphatic heterocycles. The fraction of sp³-hybridized carbons (Fsp3) is 0.412. The summed E-state index contributed by atoms with van der Waals surface area (Å²) in [5, 5.41) is 7.43. The number of para-hydroxylation sites is 1. The molecule has 0 saturated carbocycles. The van der Waals surface area contributed by atoms with Crippen molar-refractivity contribution in [1.82, 2.24) is 15.1 Å². The molecule has 2 aromatic rings. The summed E-state index contributed by atoms with van der Waals surface area (Å²) in [6, 6.07) is 7.69. The summed E-state index contributed by atoms with van der Waals surface area (Å²) < 4.78 is 7.44. The van der Waals surface area contributed by atoms with Gasteiger partial charge in [0.1, 0.15) is 5.75 Å². The lowest BCUT2D eigenvalue weighted by Gasteiger charge is -2.10. The largest absolute Gasteiger partial charge is 0.484 e. The van der Waals surface area contributed by atoms with Gasteiger partial charge >= 0.3 is 0 Å². The highest BCUT2D eigenvalue weighted by atomic mass is 16.5. The molecule has 1 aromatic carbocycles. The van der Waals surface area contributed by atoms with Gasteiger partial charge in [0.05, 0.1) is 17.9 Å². The van der Waals surface area contributed by atoms with E-state index < -0.39 is 0 Å². The van der Waals surface area contributed by atoms with Crippen molar-refractivity contribution < 1.29 is 9.53 Å². The Kier molecular flexibility index (Phi) is 4.13. The van der Waals surface area contributed by atoms with E-state index in [1.165, 1.54) is 11.3 Å². The number of aryl methyl sites for hydroxylation is 3. The number of nitrogens with zero attached hydrogens (tertiary/aromatic N) is 2. The number of carbonyl (C=O) groups is 1. The average molecular weight is 299 g/mol. The van der Waals surface area contributed by atoms with Gasteiger partial charge in [-0.15, -0.1) is 0 Å². The van der Waals surface area contributed by atoms with Crippen molar-refractivity contribution in [2.24, 2.45) is 7.05 Å². The van der Waals surface area contributed by atoms with Gasteiger partial charge in [0.15, 0.2) is 6.61 Å². The lowest BCUT2D eigenvalue weighted by atomic mass is 10.2. The number of fused-ring (bicyclic) bond motifs is 1. The first-order valence-electron chi connectivity index (χ1n) is 7.64. The van der Waals surface area contributed by atoms with Crippen molar-refractivity contribution in [2.75, 3.05) is 6.61 Å². The molecule has 0 atom stereocenters. The molecule has 0 radical (unpaired) electrons. The predicted octanol–water partition coefficient (Wildman–Crippen LogP) is 1.91. The topological polar surface area (TPSA) is 56.1 Å². The molecular weight excluding hydrogens is 278 g/mol. The van der Waals surface area contributed by atoms with Gasteiger partial charge in [-0.05, 0) is 43.4 Å². The molecule has 1 aliphatic rings. The van der Waals surface area contributed by atoms with Gasteiger partial charge in [-0.25, -0.2) is 0 Å². The van der Waals surface area contributed by atoms with E-state index in [2.05, 4.69) is 10.4 Å². The molecule has 0 unspecified atom stereocenters. The summed E-state index contributed by atoms with van der Waals surface area (Å²) >= 11 is 0. The highest BCUT2D eigenvalue weighted by molar-refractivity contribution is 5.77. The van der Waals surface area contributed by atoms with E-state index >= 15 is 0 Å². The van der Waals surface area contributed by atoms with Crippen LogP contribution in [0.15, 0.2) is 24.3 Å². The second-order valence-corrected chi connectivity index (χ2v) is 5.68. The number of carbonyl (C=O) groups excluding carboxylic acids is 1. The van der Waals surface area contributed by atoms with Crippen molar-refractivity contribution in [3.63, 3.8) is 0 Å². The Hall–Kier alpha value is -2.30. The molecule has 22 heavy (non-hydrogen) atoms. The molecule has 5 heteroatoms. The predicted molar refractivity (Wildman–Crippen MR) is 83.8 cm³/mol. The minimum atomic E-state index is -0.115. The number of benzene rings is 1. The maximum absolute atomic E-state index is 12.0. The number of ether oxygens (including phenoxy) is 1. The van der Waals surface area contributed by atoms with Crippen LogP contribution in [0.1, 0.15) is 28.9 Å². The Morgan fingerprint density at radius 2 is 2.18 bits per heavy atom. The van der Waals surface area contributed by atoms with Crippen LogP contribution in [0.4, 0.5) is 0 Å². The van der Waals surface area contributed by atoms with E-state index in [-0.39, 0.29) is 12.5 Å². The SMILES string of the molecule is Cc1ccccc1OCC(=O)NCc1c2c(nn1C)CCC2. The third kappa shape index (κ3) is 2.98. The van der Waals surface area contributed by atoms with Gasteiger partial charge in [-0.1, -0.05) is 18.2 Å².